The van der Waals surface area contributed by atoms with Gasteiger partial charge >= 0.3 is 0 Å². The fraction of sp³-hybridized carbons (Fsp3) is 0.474. The summed E-state index contributed by atoms with van der Waals surface area (Å²) in [6, 6.07) is 7.98. The van der Waals surface area contributed by atoms with Crippen molar-refractivity contribution in [2.24, 2.45) is 17.3 Å². The number of fused-ring (bicyclic) bond motifs is 1. The van der Waals surface area contributed by atoms with Crippen LogP contribution >= 0.6 is 0 Å². The number of H-pyrrole nitrogens is 1. The lowest BCUT2D eigenvalue weighted by molar-refractivity contribution is -0.123. The van der Waals surface area contributed by atoms with Crippen molar-refractivity contribution in [1.29, 1.82) is 0 Å². The number of hydrogen-bond acceptors (Lipinski definition) is 2. The first-order chi connectivity index (χ1) is 10.9. The minimum absolute atomic E-state index is 0.0702. The van der Waals surface area contributed by atoms with Crippen molar-refractivity contribution >= 4 is 16.9 Å². The van der Waals surface area contributed by atoms with E-state index < -0.39 is 0 Å². The number of amides is 1. The van der Waals surface area contributed by atoms with Crippen molar-refractivity contribution in [1.82, 2.24) is 15.3 Å². The molecule has 2 unspecified atom stereocenters. The molecular formula is C19H25N3O. The van der Waals surface area contributed by atoms with E-state index in [9.17, 15) is 4.79 Å². The van der Waals surface area contributed by atoms with Crippen molar-refractivity contribution in [3.8, 4) is 0 Å². The summed E-state index contributed by atoms with van der Waals surface area (Å²) in [5.41, 5.74) is 3.36. The van der Waals surface area contributed by atoms with E-state index in [2.05, 4.69) is 49.1 Å². The molecular weight excluding hydrogens is 286 g/mol. The van der Waals surface area contributed by atoms with Crippen molar-refractivity contribution in [2.45, 2.75) is 34.1 Å². The zero-order valence-corrected chi connectivity index (χ0v) is 14.3. The van der Waals surface area contributed by atoms with E-state index in [0.717, 1.165) is 23.3 Å². The van der Waals surface area contributed by atoms with E-state index in [1.807, 2.05) is 24.3 Å². The number of aromatic nitrogens is 2. The molecule has 0 saturated heterocycles. The summed E-state index contributed by atoms with van der Waals surface area (Å²) in [5.74, 6) is 1.53. The Kier molecular flexibility index (Phi) is 4.00. The first-order valence-electron chi connectivity index (χ1n) is 8.26. The summed E-state index contributed by atoms with van der Waals surface area (Å²) >= 11 is 0. The number of carbonyl (C=O) groups is 1. The number of aromatic amines is 1. The Labute approximate surface area is 137 Å². The van der Waals surface area contributed by atoms with E-state index in [0.29, 0.717) is 12.5 Å². The zero-order valence-electron chi connectivity index (χ0n) is 14.3. The average Bonchev–Trinajstić information content (AvgIpc) is 2.82. The molecule has 122 valence electrons. The van der Waals surface area contributed by atoms with E-state index in [-0.39, 0.29) is 17.2 Å². The Morgan fingerprint density at radius 1 is 1.35 bits per heavy atom. The van der Waals surface area contributed by atoms with Gasteiger partial charge in [-0.2, -0.15) is 0 Å². The molecule has 1 fully saturated rings. The van der Waals surface area contributed by atoms with Crippen LogP contribution in [0.25, 0.3) is 11.0 Å². The van der Waals surface area contributed by atoms with Gasteiger partial charge in [-0.3, -0.25) is 4.79 Å². The Balaban J connectivity index is 1.55. The molecule has 4 nitrogen and oxygen atoms in total. The van der Waals surface area contributed by atoms with Gasteiger partial charge in [-0.05, 0) is 37.3 Å². The number of nitrogens with one attached hydrogen (secondary N) is 2. The van der Waals surface area contributed by atoms with Gasteiger partial charge in [0, 0.05) is 13.0 Å². The summed E-state index contributed by atoms with van der Waals surface area (Å²) in [6.45, 7) is 9.13. The van der Waals surface area contributed by atoms with E-state index in [1.54, 1.807) is 0 Å². The molecule has 0 aliphatic heterocycles. The SMILES string of the molecule is CC(C)=CC1C(C(=O)NCCc2nc3ccccc3[nH]2)C1(C)C. The van der Waals surface area contributed by atoms with Crippen molar-refractivity contribution < 1.29 is 4.79 Å². The van der Waals surface area contributed by atoms with Crippen molar-refractivity contribution in [3.05, 3.63) is 41.7 Å². The van der Waals surface area contributed by atoms with E-state index in [1.165, 1.54) is 5.57 Å². The van der Waals surface area contributed by atoms with Gasteiger partial charge < -0.3 is 10.3 Å². The topological polar surface area (TPSA) is 57.8 Å². The standard InChI is InChI=1S/C19H25N3O/c1-12(2)11-13-17(19(13,3)4)18(23)20-10-9-16-21-14-7-5-6-8-15(14)22-16/h5-8,11,13,17H,9-10H2,1-4H3,(H,20,23)(H,21,22). The maximum Gasteiger partial charge on any atom is 0.224 e. The minimum Gasteiger partial charge on any atom is -0.355 e. The van der Waals surface area contributed by atoms with Crippen LogP contribution in [0.3, 0.4) is 0 Å². The second-order valence-electron chi connectivity index (χ2n) is 7.31. The molecule has 2 N–H and O–H groups in total. The van der Waals surface area contributed by atoms with Crippen LogP contribution in [-0.2, 0) is 11.2 Å². The first kappa shape index (κ1) is 15.8. The maximum atomic E-state index is 12.4. The van der Waals surface area contributed by atoms with Gasteiger partial charge in [0.1, 0.15) is 5.82 Å². The monoisotopic (exact) mass is 311 g/mol. The molecule has 23 heavy (non-hydrogen) atoms. The molecule has 2 atom stereocenters. The van der Waals surface area contributed by atoms with Gasteiger partial charge in [0.05, 0.1) is 17.0 Å². The maximum absolute atomic E-state index is 12.4. The second kappa shape index (κ2) is 5.84. The highest BCUT2D eigenvalue weighted by Crippen LogP contribution is 2.59. The molecule has 1 aliphatic carbocycles. The van der Waals surface area contributed by atoms with E-state index >= 15 is 0 Å². The normalized spacial score (nSPS) is 21.9. The molecule has 1 heterocycles. The van der Waals surface area contributed by atoms with Gasteiger partial charge in [-0.15, -0.1) is 0 Å². The lowest BCUT2D eigenvalue weighted by Gasteiger charge is -2.04. The second-order valence-corrected chi connectivity index (χ2v) is 7.31. The number of carbonyl (C=O) groups excluding carboxylic acids is 1. The number of imidazole rings is 1. The molecule has 0 spiro atoms. The summed E-state index contributed by atoms with van der Waals surface area (Å²) < 4.78 is 0. The molecule has 0 radical (unpaired) electrons. The Morgan fingerprint density at radius 2 is 2.09 bits per heavy atom. The van der Waals surface area contributed by atoms with Crippen LogP contribution in [0, 0.1) is 17.3 Å². The third-order valence-electron chi connectivity index (χ3n) is 4.81. The summed E-state index contributed by atoms with van der Waals surface area (Å²) in [4.78, 5) is 20.2. The van der Waals surface area contributed by atoms with Crippen LogP contribution < -0.4 is 5.32 Å². The summed E-state index contributed by atoms with van der Waals surface area (Å²) in [5, 5.41) is 3.07. The number of nitrogens with zero attached hydrogens (tertiary/aromatic N) is 1. The molecule has 1 aromatic heterocycles. The third kappa shape index (κ3) is 3.16. The largest absolute Gasteiger partial charge is 0.355 e. The number of benzene rings is 1. The minimum atomic E-state index is 0.0702. The molecule has 4 heteroatoms. The van der Waals surface area contributed by atoms with Crippen LogP contribution in [-0.4, -0.2) is 22.4 Å². The molecule has 3 rings (SSSR count). The summed E-state index contributed by atoms with van der Waals surface area (Å²) in [6.07, 6.45) is 2.95. The van der Waals surface area contributed by atoms with Crippen LogP contribution in [0.1, 0.15) is 33.5 Å². The smallest absolute Gasteiger partial charge is 0.224 e. The average molecular weight is 311 g/mol. The van der Waals surface area contributed by atoms with Gasteiger partial charge in [0.15, 0.2) is 0 Å². The molecule has 1 aromatic carbocycles. The van der Waals surface area contributed by atoms with E-state index in [4.69, 9.17) is 0 Å². The number of hydrogen-bond donors (Lipinski definition) is 2. The van der Waals surface area contributed by atoms with Crippen LogP contribution in [0.2, 0.25) is 0 Å². The molecule has 1 amide bonds. The van der Waals surface area contributed by atoms with Gasteiger partial charge in [0.25, 0.3) is 0 Å². The van der Waals surface area contributed by atoms with Crippen LogP contribution in [0.5, 0.6) is 0 Å². The number of para-hydroxylation sites is 2. The highest BCUT2D eigenvalue weighted by Gasteiger charge is 2.60. The lowest BCUT2D eigenvalue weighted by atomic mass is 10.1. The highest BCUT2D eigenvalue weighted by molar-refractivity contribution is 5.83. The summed E-state index contributed by atoms with van der Waals surface area (Å²) in [7, 11) is 0. The molecule has 1 saturated carbocycles. The fourth-order valence-electron chi connectivity index (χ4n) is 3.39. The van der Waals surface area contributed by atoms with Gasteiger partial charge in [-0.1, -0.05) is 37.6 Å². The molecule has 2 aromatic rings. The fourth-order valence-corrected chi connectivity index (χ4v) is 3.39. The van der Waals surface area contributed by atoms with Gasteiger partial charge in [-0.25, -0.2) is 4.98 Å². The Hall–Kier alpha value is -2.10. The third-order valence-corrected chi connectivity index (χ3v) is 4.81. The van der Waals surface area contributed by atoms with Crippen molar-refractivity contribution in [2.75, 3.05) is 6.54 Å². The van der Waals surface area contributed by atoms with Crippen molar-refractivity contribution in [3.63, 3.8) is 0 Å². The zero-order chi connectivity index (χ0) is 16.6. The van der Waals surface area contributed by atoms with Crippen LogP contribution in [0.4, 0.5) is 0 Å². The Bertz CT molecular complexity index is 720. The molecule has 1 aliphatic rings. The first-order valence-corrected chi connectivity index (χ1v) is 8.26. The van der Waals surface area contributed by atoms with Gasteiger partial charge in [0.2, 0.25) is 5.91 Å². The predicted octanol–water partition coefficient (Wildman–Crippen LogP) is 3.46. The Morgan fingerprint density at radius 3 is 2.78 bits per heavy atom. The highest BCUT2D eigenvalue weighted by atomic mass is 16.2. The number of rotatable bonds is 5. The number of allylic oxidation sites excluding steroid dienone is 2. The molecule has 0 bridgehead atoms. The quantitative estimate of drug-likeness (QED) is 0.831. The predicted molar refractivity (Wildman–Crippen MR) is 93.0 cm³/mol. The lowest BCUT2D eigenvalue weighted by Crippen LogP contribution is -2.29. The van der Waals surface area contributed by atoms with Crippen LogP contribution in [0.15, 0.2) is 35.9 Å².